The van der Waals surface area contributed by atoms with Crippen LogP contribution in [0.25, 0.3) is 6.08 Å². The van der Waals surface area contributed by atoms with Crippen molar-refractivity contribution >= 4 is 29.6 Å². The first kappa shape index (κ1) is 90.9. The van der Waals surface area contributed by atoms with E-state index in [0.717, 1.165) is 88.2 Å². The molecule has 0 radical (unpaired) electrons. The molecule has 2 aromatic carbocycles. The van der Waals surface area contributed by atoms with Gasteiger partial charge in [-0.2, -0.15) is 0 Å². The fourth-order valence-corrected chi connectivity index (χ4v) is 24.3. The van der Waals surface area contributed by atoms with Gasteiger partial charge in [0, 0.05) is 59.8 Å². The molecule has 118 heavy (non-hydrogen) atoms. The summed E-state index contributed by atoms with van der Waals surface area (Å²) in [6, 6.07) is 18.6. The van der Waals surface area contributed by atoms with Crippen LogP contribution in [-0.4, -0.2) is 223 Å². The summed E-state index contributed by atoms with van der Waals surface area (Å²) in [6.45, 7) is 23.9. The number of rotatable bonds is 25. The van der Waals surface area contributed by atoms with Crippen LogP contribution < -0.4 is 0 Å². The Kier molecular flexibility index (Phi) is 28.7. The van der Waals surface area contributed by atoms with Crippen molar-refractivity contribution in [1.82, 2.24) is 0 Å². The Morgan fingerprint density at radius 1 is 0.483 bits per heavy atom. The van der Waals surface area contributed by atoms with E-state index >= 15 is 0 Å². The zero-order chi connectivity index (χ0) is 84.9. The predicted octanol–water partition coefficient (Wildman–Crippen LogP) is 10.2. The SMILES string of the molecule is CC(C)CCC(=O)[C@@H](C)[C@@]1(O)[C@@H](OC2OCC(O)C(OC3OCC(O)C(O)C3OC(=O)/C=C/c3ccccc3)C2C)C[C@H]2[C@@H]3CC=C4C[C@@H](O)CC[C@]4(C)C3CC[C@@]21C.CC(C)CCC(=O)[C@@H](C)[C@@]1(O)[C@@H](OC2OCC(O)C(OC3OCC(O)C(O)C3OC(=O)CCc3ccccc3)C2C)C[C@H]2[C@@H]3CC=C4C[C@@H](O)CC[C@]4(C)C3CC[C@@]21C. The first-order valence-corrected chi connectivity index (χ1v) is 44.5. The number of ether oxygens (including phenoxy) is 10. The summed E-state index contributed by atoms with van der Waals surface area (Å²) >= 11 is 0. The van der Waals surface area contributed by atoms with Crippen molar-refractivity contribution in [2.45, 2.75) is 333 Å². The maximum absolute atomic E-state index is 14.1. The van der Waals surface area contributed by atoms with E-state index in [2.05, 4.69) is 67.5 Å². The standard InChI is InChI=1S/C47H70O12.C47H68O12/c2*1-26(2)12-16-35(49)28(4)47(54)38(23-34-32-15-14-30-22-31(48)18-20-45(30,5)33(32)19-21-46(34,47)6)57-43-27(3)41(37(51)25-55-43)59-44-42(40(53)36(50)24-56-44)58-39(52)17-13-29-10-8-7-9-11-29/h7-11,14,26-28,31-34,36-38,40-44,48,50-51,53-54H,12-13,15-25H2,1-6H3;7-11,13-14,17,26-28,31-34,36-38,40-44,48,50-51,53-54H,12,15-16,18-25H2,1-6H3/b;17-13+/t2*27?,28-,31+,32-,33?,34+,36?,37?,38+,40?,41?,42?,43?,44?,45+,46+,47-/m11/s1. The third-order valence-electron chi connectivity index (χ3n) is 31.7. The summed E-state index contributed by atoms with van der Waals surface area (Å²) in [4.78, 5) is 54.1. The number of benzene rings is 2. The lowest BCUT2D eigenvalue weighted by molar-refractivity contribution is -0.335. The fourth-order valence-electron chi connectivity index (χ4n) is 24.3. The van der Waals surface area contributed by atoms with Crippen molar-refractivity contribution in [3.05, 3.63) is 101 Å². The van der Waals surface area contributed by atoms with Gasteiger partial charge in [-0.3, -0.25) is 14.4 Å². The highest BCUT2D eigenvalue weighted by molar-refractivity contribution is 5.87. The Labute approximate surface area is 697 Å². The number of carbonyl (C=O) groups excluding carboxylic acids is 4. The van der Waals surface area contributed by atoms with Crippen molar-refractivity contribution in [1.29, 1.82) is 0 Å². The van der Waals surface area contributed by atoms with Crippen molar-refractivity contribution < 1.29 is 118 Å². The lowest BCUT2D eigenvalue weighted by atomic mass is 9.46. The second-order valence-electron chi connectivity index (χ2n) is 39.4. The second-order valence-corrected chi connectivity index (χ2v) is 39.4. The van der Waals surface area contributed by atoms with Gasteiger partial charge in [0.15, 0.2) is 37.4 Å². The minimum Gasteiger partial charge on any atom is -0.454 e. The van der Waals surface area contributed by atoms with Crippen LogP contribution in [0.4, 0.5) is 0 Å². The van der Waals surface area contributed by atoms with E-state index in [0.29, 0.717) is 68.6 Å². The highest BCUT2D eigenvalue weighted by atomic mass is 16.7. The van der Waals surface area contributed by atoms with Gasteiger partial charge in [0.1, 0.15) is 59.4 Å². The van der Waals surface area contributed by atoms with Gasteiger partial charge < -0.3 is 98.4 Å². The Morgan fingerprint density at radius 2 is 0.890 bits per heavy atom. The highest BCUT2D eigenvalue weighted by Crippen LogP contribution is 2.71. The number of aliphatic hydroxyl groups is 10. The number of hydrogen-bond donors (Lipinski definition) is 10. The van der Waals surface area contributed by atoms with Gasteiger partial charge in [-0.05, 0) is 185 Å². The first-order chi connectivity index (χ1) is 55.9. The van der Waals surface area contributed by atoms with Crippen LogP contribution in [0.3, 0.4) is 0 Å². The molecule has 4 aliphatic heterocycles. The zero-order valence-electron chi connectivity index (χ0n) is 71.6. The maximum atomic E-state index is 14.1. The van der Waals surface area contributed by atoms with Gasteiger partial charge in [0.25, 0.3) is 0 Å². The molecule has 18 unspecified atom stereocenters. The normalized spacial score (nSPS) is 43.9. The topological polar surface area (TPSA) is 363 Å². The lowest BCUT2D eigenvalue weighted by Gasteiger charge is -2.59. The minimum absolute atomic E-state index is 0.0141. The molecule has 12 aliphatic rings. The lowest BCUT2D eigenvalue weighted by Crippen LogP contribution is -2.62. The predicted molar refractivity (Wildman–Crippen MR) is 435 cm³/mol. The largest absolute Gasteiger partial charge is 0.454 e. The second kappa shape index (κ2) is 37.2. The van der Waals surface area contributed by atoms with Crippen LogP contribution in [-0.2, 0) is 73.0 Å². The molecule has 34 atom stereocenters. The molecule has 14 rings (SSSR count). The van der Waals surface area contributed by atoms with E-state index in [1.165, 1.54) is 17.2 Å². The number of carbonyl (C=O) groups is 4. The van der Waals surface area contributed by atoms with Crippen LogP contribution >= 0.6 is 0 Å². The monoisotopic (exact) mass is 1650 g/mol. The Morgan fingerprint density at radius 3 is 1.32 bits per heavy atom. The summed E-state index contributed by atoms with van der Waals surface area (Å²) in [5, 5.41) is 113. The van der Waals surface area contributed by atoms with Crippen LogP contribution in [0.1, 0.15) is 216 Å². The van der Waals surface area contributed by atoms with E-state index in [1.54, 1.807) is 13.0 Å². The van der Waals surface area contributed by atoms with E-state index in [-0.39, 0.29) is 91.1 Å². The molecule has 0 bridgehead atoms. The van der Waals surface area contributed by atoms with Crippen molar-refractivity contribution in [2.75, 3.05) is 26.4 Å². The van der Waals surface area contributed by atoms with Crippen LogP contribution in [0, 0.1) is 92.7 Å². The number of aliphatic hydroxyl groups excluding tert-OH is 8. The molecule has 0 aromatic heterocycles. The molecule has 8 aliphatic carbocycles. The van der Waals surface area contributed by atoms with Gasteiger partial charge in [0.2, 0.25) is 0 Å². The van der Waals surface area contributed by atoms with Gasteiger partial charge in [-0.15, -0.1) is 0 Å². The molecule has 2 aromatic rings. The van der Waals surface area contributed by atoms with E-state index in [1.807, 2.05) is 81.4 Å². The minimum atomic E-state index is -1.52. The van der Waals surface area contributed by atoms with Crippen molar-refractivity contribution in [3.8, 4) is 0 Å². The summed E-state index contributed by atoms with van der Waals surface area (Å²) in [5.74, 6) is -1.91. The molecular formula is C94H138O24. The molecule has 10 fully saturated rings. The number of Topliss-reactive ketones (excluding diaryl/α,β-unsaturated/α-hetero) is 2. The summed E-state index contributed by atoms with van der Waals surface area (Å²) in [7, 11) is 0. The van der Waals surface area contributed by atoms with Gasteiger partial charge in [-0.1, -0.05) is 167 Å². The average molecular weight is 1650 g/mol. The number of aryl methyl sites for hydroxylation is 1. The Bertz CT molecular complexity index is 3830. The maximum Gasteiger partial charge on any atom is 0.331 e. The molecule has 4 saturated heterocycles. The third kappa shape index (κ3) is 17.8. The molecule has 0 amide bonds. The number of esters is 2. The van der Waals surface area contributed by atoms with Crippen LogP contribution in [0.5, 0.6) is 0 Å². The van der Waals surface area contributed by atoms with E-state index in [9.17, 15) is 70.2 Å². The molecule has 24 heteroatoms. The van der Waals surface area contributed by atoms with Gasteiger partial charge in [0.05, 0.1) is 63.1 Å². The van der Waals surface area contributed by atoms with Crippen molar-refractivity contribution in [3.63, 3.8) is 0 Å². The van der Waals surface area contributed by atoms with E-state index in [4.69, 9.17) is 47.4 Å². The smallest absolute Gasteiger partial charge is 0.331 e. The quantitative estimate of drug-likeness (QED) is 0.0251. The number of ketones is 2. The highest BCUT2D eigenvalue weighted by Gasteiger charge is 2.73. The molecule has 4 heterocycles. The Balaban J connectivity index is 0.000000205. The van der Waals surface area contributed by atoms with Crippen LogP contribution in [0.15, 0.2) is 90.0 Å². The van der Waals surface area contributed by atoms with Gasteiger partial charge in [-0.25, -0.2) is 4.79 Å². The molecule has 24 nitrogen and oxygen atoms in total. The molecule has 0 spiro atoms. The zero-order valence-corrected chi connectivity index (χ0v) is 71.6. The Hall–Kier alpha value is -4.78. The number of fused-ring (bicyclic) bond motifs is 10. The fraction of sp³-hybridized carbons (Fsp3) is 0.766. The third-order valence-corrected chi connectivity index (χ3v) is 31.7. The van der Waals surface area contributed by atoms with Crippen LogP contribution in [0.2, 0.25) is 0 Å². The average Bonchev–Trinajstić information content (AvgIpc) is 1.52. The summed E-state index contributed by atoms with van der Waals surface area (Å²) in [5.41, 5.74) is 0.125. The number of hydrogen-bond acceptors (Lipinski definition) is 24. The summed E-state index contributed by atoms with van der Waals surface area (Å²) < 4.78 is 61.9. The number of allylic oxidation sites excluding steroid dienone is 2. The molecular weight excluding hydrogens is 1510 g/mol. The van der Waals surface area contributed by atoms with E-state index < -0.39 is 156 Å². The summed E-state index contributed by atoms with van der Waals surface area (Å²) in [6.07, 6.45) is 1.73. The molecule has 6 saturated carbocycles. The molecule has 10 N–H and O–H groups in total. The molecule has 658 valence electrons. The van der Waals surface area contributed by atoms with Gasteiger partial charge >= 0.3 is 11.9 Å². The first-order valence-electron chi connectivity index (χ1n) is 44.5. The van der Waals surface area contributed by atoms with Crippen molar-refractivity contribution in [2.24, 2.45) is 92.7 Å².